The summed E-state index contributed by atoms with van der Waals surface area (Å²) in [6, 6.07) is 0.146. The maximum Gasteiger partial charge on any atom is 0.306 e. The van der Waals surface area contributed by atoms with E-state index in [4.69, 9.17) is 5.11 Å². The molecule has 1 rings (SSSR count). The Morgan fingerprint density at radius 3 is 2.40 bits per heavy atom. The van der Waals surface area contributed by atoms with Crippen LogP contribution in [0.3, 0.4) is 0 Å². The molecule has 0 aromatic rings. The molecule has 2 N–H and O–H groups in total. The Kier molecular flexibility index (Phi) is 4.34. The molecule has 0 aliphatic heterocycles. The van der Waals surface area contributed by atoms with Crippen LogP contribution in [-0.2, 0) is 9.59 Å². The third-order valence-electron chi connectivity index (χ3n) is 2.77. The van der Waals surface area contributed by atoms with Crippen LogP contribution in [-0.4, -0.2) is 23.0 Å². The van der Waals surface area contributed by atoms with E-state index < -0.39 is 5.97 Å². The van der Waals surface area contributed by atoms with Crippen molar-refractivity contribution >= 4 is 11.9 Å². The quantitative estimate of drug-likeness (QED) is 0.689. The van der Waals surface area contributed by atoms with E-state index in [9.17, 15) is 9.59 Å². The van der Waals surface area contributed by atoms with Crippen LogP contribution in [0.25, 0.3) is 0 Å². The number of carboxylic acids is 1. The lowest BCUT2D eigenvalue weighted by molar-refractivity contribution is -0.142. The Balaban J connectivity index is 2.28. The number of amides is 1. The topological polar surface area (TPSA) is 66.4 Å². The van der Waals surface area contributed by atoms with Crippen molar-refractivity contribution in [2.24, 2.45) is 5.92 Å². The fourth-order valence-electron chi connectivity index (χ4n) is 1.90. The lowest BCUT2D eigenvalue weighted by Crippen LogP contribution is -2.38. The predicted molar refractivity (Wildman–Crippen MR) is 56.3 cm³/mol. The number of hydrogen-bond donors (Lipinski definition) is 2. The van der Waals surface area contributed by atoms with E-state index in [-0.39, 0.29) is 17.9 Å². The van der Waals surface area contributed by atoms with Gasteiger partial charge >= 0.3 is 5.97 Å². The molecule has 0 saturated heterocycles. The Labute approximate surface area is 89.4 Å². The smallest absolute Gasteiger partial charge is 0.306 e. The highest BCUT2D eigenvalue weighted by atomic mass is 16.4. The zero-order chi connectivity index (χ0) is 11.3. The first-order valence-electron chi connectivity index (χ1n) is 5.26. The van der Waals surface area contributed by atoms with Crippen molar-refractivity contribution in [1.82, 2.24) is 5.32 Å². The van der Waals surface area contributed by atoms with Crippen molar-refractivity contribution in [3.05, 3.63) is 12.7 Å². The van der Waals surface area contributed by atoms with Gasteiger partial charge in [-0.3, -0.25) is 9.59 Å². The van der Waals surface area contributed by atoms with Crippen LogP contribution in [0.15, 0.2) is 12.7 Å². The van der Waals surface area contributed by atoms with Gasteiger partial charge in [-0.1, -0.05) is 6.08 Å². The molecule has 1 aliphatic carbocycles. The summed E-state index contributed by atoms with van der Waals surface area (Å²) < 4.78 is 0. The summed E-state index contributed by atoms with van der Waals surface area (Å²) in [4.78, 5) is 21.9. The van der Waals surface area contributed by atoms with Gasteiger partial charge in [0.25, 0.3) is 0 Å². The summed E-state index contributed by atoms with van der Waals surface area (Å²) in [6.07, 6.45) is 4.75. The first-order chi connectivity index (χ1) is 7.13. The SMILES string of the molecule is C=CCC(=O)NC1CCC(C(=O)O)CC1. The van der Waals surface area contributed by atoms with Gasteiger partial charge in [-0.25, -0.2) is 0 Å². The van der Waals surface area contributed by atoms with Gasteiger partial charge in [0.15, 0.2) is 0 Å². The van der Waals surface area contributed by atoms with Crippen LogP contribution in [0.4, 0.5) is 0 Å². The van der Waals surface area contributed by atoms with E-state index in [0.29, 0.717) is 19.3 Å². The average Bonchev–Trinajstić information content (AvgIpc) is 2.18. The molecule has 0 bridgehead atoms. The molecule has 1 amide bonds. The molecular formula is C11H17NO3. The molecule has 84 valence electrons. The van der Waals surface area contributed by atoms with Crippen molar-refractivity contribution < 1.29 is 14.7 Å². The van der Waals surface area contributed by atoms with Crippen molar-refractivity contribution in [2.45, 2.75) is 38.1 Å². The molecule has 4 nitrogen and oxygen atoms in total. The highest BCUT2D eigenvalue weighted by Crippen LogP contribution is 2.24. The summed E-state index contributed by atoms with van der Waals surface area (Å²) in [5.41, 5.74) is 0. The predicted octanol–water partition coefficient (Wildman–Crippen LogP) is 1.32. The van der Waals surface area contributed by atoms with Crippen LogP contribution in [0.5, 0.6) is 0 Å². The second kappa shape index (κ2) is 5.53. The van der Waals surface area contributed by atoms with Gasteiger partial charge in [-0.05, 0) is 25.7 Å². The van der Waals surface area contributed by atoms with Gasteiger partial charge < -0.3 is 10.4 Å². The summed E-state index contributed by atoms with van der Waals surface area (Å²) >= 11 is 0. The number of nitrogens with one attached hydrogen (secondary N) is 1. The molecule has 0 radical (unpaired) electrons. The van der Waals surface area contributed by atoms with E-state index in [0.717, 1.165) is 12.8 Å². The Morgan fingerprint density at radius 1 is 1.33 bits per heavy atom. The van der Waals surface area contributed by atoms with Crippen molar-refractivity contribution in [3.63, 3.8) is 0 Å². The van der Waals surface area contributed by atoms with Crippen molar-refractivity contribution in [2.75, 3.05) is 0 Å². The maximum atomic E-state index is 11.2. The summed E-state index contributed by atoms with van der Waals surface area (Å²) in [7, 11) is 0. The largest absolute Gasteiger partial charge is 0.481 e. The number of carboxylic acid groups (broad SMARTS) is 1. The fraction of sp³-hybridized carbons (Fsp3) is 0.636. The second-order valence-electron chi connectivity index (χ2n) is 3.95. The molecule has 15 heavy (non-hydrogen) atoms. The number of rotatable bonds is 4. The Bertz CT molecular complexity index is 255. The lowest BCUT2D eigenvalue weighted by atomic mass is 9.86. The second-order valence-corrected chi connectivity index (χ2v) is 3.95. The first-order valence-corrected chi connectivity index (χ1v) is 5.26. The van der Waals surface area contributed by atoms with E-state index in [1.807, 2.05) is 0 Å². The normalized spacial score (nSPS) is 25.6. The zero-order valence-electron chi connectivity index (χ0n) is 8.74. The third kappa shape index (κ3) is 3.73. The fourth-order valence-corrected chi connectivity index (χ4v) is 1.90. The molecule has 0 atom stereocenters. The number of hydrogen-bond acceptors (Lipinski definition) is 2. The highest BCUT2D eigenvalue weighted by molar-refractivity contribution is 5.77. The van der Waals surface area contributed by atoms with Gasteiger partial charge in [0.05, 0.1) is 5.92 Å². The van der Waals surface area contributed by atoms with Crippen LogP contribution in [0.2, 0.25) is 0 Å². The first kappa shape index (κ1) is 11.8. The van der Waals surface area contributed by atoms with Gasteiger partial charge in [-0.15, -0.1) is 6.58 Å². The third-order valence-corrected chi connectivity index (χ3v) is 2.77. The highest BCUT2D eigenvalue weighted by Gasteiger charge is 2.26. The Morgan fingerprint density at radius 2 is 1.93 bits per heavy atom. The molecule has 0 unspecified atom stereocenters. The minimum atomic E-state index is -0.717. The molecular weight excluding hydrogens is 194 g/mol. The zero-order valence-corrected chi connectivity index (χ0v) is 8.74. The number of carbonyl (C=O) groups is 2. The number of carbonyl (C=O) groups excluding carboxylic acids is 1. The molecule has 4 heteroatoms. The summed E-state index contributed by atoms with van der Waals surface area (Å²) in [5, 5.41) is 11.7. The average molecular weight is 211 g/mol. The van der Waals surface area contributed by atoms with Crippen LogP contribution in [0, 0.1) is 5.92 Å². The molecule has 0 aromatic carbocycles. The maximum absolute atomic E-state index is 11.2. The van der Waals surface area contributed by atoms with Gasteiger partial charge in [-0.2, -0.15) is 0 Å². The molecule has 1 aliphatic rings. The minimum absolute atomic E-state index is 0.0243. The van der Waals surface area contributed by atoms with E-state index in [1.54, 1.807) is 6.08 Å². The van der Waals surface area contributed by atoms with Gasteiger partial charge in [0.1, 0.15) is 0 Å². The van der Waals surface area contributed by atoms with Crippen molar-refractivity contribution in [1.29, 1.82) is 0 Å². The Hall–Kier alpha value is -1.32. The van der Waals surface area contributed by atoms with Crippen LogP contribution < -0.4 is 5.32 Å². The standard InChI is InChI=1S/C11H17NO3/c1-2-3-10(13)12-9-6-4-8(5-7-9)11(14)15/h2,8-9H,1,3-7H2,(H,12,13)(H,14,15). The van der Waals surface area contributed by atoms with Gasteiger partial charge in [0, 0.05) is 12.5 Å². The molecule has 1 saturated carbocycles. The molecule has 0 heterocycles. The van der Waals surface area contributed by atoms with E-state index >= 15 is 0 Å². The van der Waals surface area contributed by atoms with Crippen LogP contribution in [0.1, 0.15) is 32.1 Å². The summed E-state index contributed by atoms with van der Waals surface area (Å²) in [5.74, 6) is -0.966. The molecule has 0 spiro atoms. The van der Waals surface area contributed by atoms with E-state index in [1.165, 1.54) is 0 Å². The number of aliphatic carboxylic acids is 1. The van der Waals surface area contributed by atoms with Crippen LogP contribution >= 0.6 is 0 Å². The lowest BCUT2D eigenvalue weighted by Gasteiger charge is -2.26. The molecule has 0 aromatic heterocycles. The minimum Gasteiger partial charge on any atom is -0.481 e. The monoisotopic (exact) mass is 211 g/mol. The molecule has 1 fully saturated rings. The van der Waals surface area contributed by atoms with Crippen molar-refractivity contribution in [3.8, 4) is 0 Å². The summed E-state index contributed by atoms with van der Waals surface area (Å²) in [6.45, 7) is 3.49. The van der Waals surface area contributed by atoms with E-state index in [2.05, 4.69) is 11.9 Å². The van der Waals surface area contributed by atoms with Gasteiger partial charge in [0.2, 0.25) is 5.91 Å².